The summed E-state index contributed by atoms with van der Waals surface area (Å²) >= 11 is 5.96. The van der Waals surface area contributed by atoms with Crippen molar-refractivity contribution in [3.8, 4) is 0 Å². The maximum absolute atomic E-state index is 11.5. The molecular formula is C16H22ClN3O2S. The highest BCUT2D eigenvalue weighted by Gasteiger charge is 2.44. The van der Waals surface area contributed by atoms with Crippen LogP contribution < -0.4 is 10.6 Å². The minimum Gasteiger partial charge on any atom is -0.356 e. The van der Waals surface area contributed by atoms with E-state index in [1.54, 1.807) is 7.05 Å². The molecule has 2 fully saturated rings. The second-order valence-corrected chi connectivity index (χ2v) is 9.12. The SMILES string of the molecule is CN=C(NCC1(c2ccc(Cl)cc2)CC1)NC1CCS(=O)(=O)C1. The minimum absolute atomic E-state index is 0.0446. The molecule has 0 spiro atoms. The summed E-state index contributed by atoms with van der Waals surface area (Å²) in [6, 6.07) is 7.96. The predicted octanol–water partition coefficient (Wildman–Crippen LogP) is 1.72. The van der Waals surface area contributed by atoms with E-state index in [1.807, 2.05) is 12.1 Å². The fraction of sp³-hybridized carbons (Fsp3) is 0.562. The van der Waals surface area contributed by atoms with Gasteiger partial charge in [0.15, 0.2) is 15.8 Å². The van der Waals surface area contributed by atoms with Crippen molar-refractivity contribution in [2.24, 2.45) is 4.99 Å². The first-order valence-corrected chi connectivity index (χ1v) is 10.1. The van der Waals surface area contributed by atoms with Crippen molar-refractivity contribution < 1.29 is 8.42 Å². The lowest BCUT2D eigenvalue weighted by Gasteiger charge is -2.21. The highest BCUT2D eigenvalue weighted by atomic mass is 35.5. The van der Waals surface area contributed by atoms with Gasteiger partial charge in [-0.25, -0.2) is 8.42 Å². The van der Waals surface area contributed by atoms with Gasteiger partial charge in [-0.05, 0) is 37.0 Å². The Labute approximate surface area is 142 Å². The molecular weight excluding hydrogens is 334 g/mol. The Morgan fingerprint density at radius 3 is 2.57 bits per heavy atom. The second kappa shape index (κ2) is 6.32. The van der Waals surface area contributed by atoms with E-state index in [9.17, 15) is 8.42 Å². The number of halogens is 1. The molecule has 0 bridgehead atoms. The summed E-state index contributed by atoms with van der Waals surface area (Å²) in [6.45, 7) is 0.785. The third-order valence-corrected chi connectivity index (χ3v) is 6.72. The lowest BCUT2D eigenvalue weighted by molar-refractivity contribution is 0.597. The molecule has 0 aromatic heterocycles. The van der Waals surface area contributed by atoms with E-state index in [-0.39, 0.29) is 23.0 Å². The summed E-state index contributed by atoms with van der Waals surface area (Å²) in [4.78, 5) is 4.22. The maximum atomic E-state index is 11.5. The first-order chi connectivity index (χ1) is 10.9. The van der Waals surface area contributed by atoms with Crippen LogP contribution in [-0.4, -0.2) is 45.5 Å². The van der Waals surface area contributed by atoms with Crippen molar-refractivity contribution in [3.63, 3.8) is 0 Å². The van der Waals surface area contributed by atoms with Crippen LogP contribution in [0.4, 0.5) is 0 Å². The fourth-order valence-corrected chi connectivity index (χ4v) is 4.87. The quantitative estimate of drug-likeness (QED) is 0.637. The molecule has 1 aromatic carbocycles. The molecule has 2 aliphatic rings. The van der Waals surface area contributed by atoms with E-state index in [4.69, 9.17) is 11.6 Å². The van der Waals surface area contributed by atoms with Gasteiger partial charge in [-0.3, -0.25) is 4.99 Å². The summed E-state index contributed by atoms with van der Waals surface area (Å²) in [5.74, 6) is 1.12. The predicted molar refractivity (Wildman–Crippen MR) is 93.9 cm³/mol. The Morgan fingerprint density at radius 1 is 1.35 bits per heavy atom. The molecule has 0 radical (unpaired) electrons. The van der Waals surface area contributed by atoms with Crippen LogP contribution in [-0.2, 0) is 15.3 Å². The number of hydrogen-bond donors (Lipinski definition) is 2. The van der Waals surface area contributed by atoms with Gasteiger partial charge in [0.05, 0.1) is 11.5 Å². The molecule has 5 nitrogen and oxygen atoms in total. The van der Waals surface area contributed by atoms with Gasteiger partial charge in [-0.1, -0.05) is 23.7 Å². The molecule has 1 heterocycles. The molecule has 1 saturated heterocycles. The highest BCUT2D eigenvalue weighted by molar-refractivity contribution is 7.91. The molecule has 1 atom stereocenters. The van der Waals surface area contributed by atoms with Crippen LogP contribution in [0.5, 0.6) is 0 Å². The van der Waals surface area contributed by atoms with E-state index in [0.717, 1.165) is 24.4 Å². The molecule has 1 aromatic rings. The Bertz CT molecular complexity index is 697. The lowest BCUT2D eigenvalue weighted by atomic mass is 9.96. The zero-order chi connectivity index (χ0) is 16.5. The molecule has 1 aliphatic heterocycles. The molecule has 126 valence electrons. The average Bonchev–Trinajstić information content (AvgIpc) is 3.23. The smallest absolute Gasteiger partial charge is 0.191 e. The summed E-state index contributed by atoms with van der Waals surface area (Å²) < 4.78 is 23.1. The molecule has 0 amide bonds. The number of guanidine groups is 1. The number of sulfone groups is 1. The normalized spacial score (nSPS) is 25.1. The number of nitrogens with zero attached hydrogens (tertiary/aromatic N) is 1. The average molecular weight is 356 g/mol. The topological polar surface area (TPSA) is 70.6 Å². The number of rotatable bonds is 4. The monoisotopic (exact) mass is 355 g/mol. The van der Waals surface area contributed by atoms with E-state index in [2.05, 4.69) is 27.8 Å². The second-order valence-electron chi connectivity index (χ2n) is 6.46. The zero-order valence-corrected chi connectivity index (χ0v) is 14.8. The molecule has 2 N–H and O–H groups in total. The molecule has 23 heavy (non-hydrogen) atoms. The largest absolute Gasteiger partial charge is 0.356 e. The third-order valence-electron chi connectivity index (χ3n) is 4.70. The fourth-order valence-electron chi connectivity index (χ4n) is 3.07. The first kappa shape index (κ1) is 16.6. The van der Waals surface area contributed by atoms with Gasteiger partial charge in [0, 0.05) is 30.1 Å². The summed E-state index contributed by atoms with van der Waals surface area (Å²) in [5.41, 5.74) is 1.43. The van der Waals surface area contributed by atoms with Crippen molar-refractivity contribution in [2.75, 3.05) is 25.1 Å². The van der Waals surface area contributed by atoms with Gasteiger partial charge >= 0.3 is 0 Å². The van der Waals surface area contributed by atoms with Gasteiger partial charge in [-0.2, -0.15) is 0 Å². The van der Waals surface area contributed by atoms with Crippen molar-refractivity contribution in [2.45, 2.75) is 30.7 Å². The van der Waals surface area contributed by atoms with Crippen LogP contribution >= 0.6 is 11.6 Å². The molecule has 1 unspecified atom stereocenters. The molecule has 1 saturated carbocycles. The standard InChI is InChI=1S/C16H22ClN3O2S/c1-18-15(20-14-6-9-23(21,22)10-14)19-11-16(7-8-16)12-2-4-13(17)5-3-12/h2-5,14H,6-11H2,1H3,(H2,18,19,20). The number of aliphatic imine (C=N–C) groups is 1. The van der Waals surface area contributed by atoms with Crippen molar-refractivity contribution in [1.29, 1.82) is 0 Å². The van der Waals surface area contributed by atoms with Crippen molar-refractivity contribution in [1.82, 2.24) is 10.6 Å². The van der Waals surface area contributed by atoms with Gasteiger partial charge in [0.1, 0.15) is 0 Å². The Morgan fingerprint density at radius 2 is 2.04 bits per heavy atom. The molecule has 3 rings (SSSR count). The Hall–Kier alpha value is -1.27. The van der Waals surface area contributed by atoms with Crippen molar-refractivity contribution in [3.05, 3.63) is 34.9 Å². The van der Waals surface area contributed by atoms with Crippen LogP contribution in [0.3, 0.4) is 0 Å². The number of nitrogens with one attached hydrogen (secondary N) is 2. The maximum Gasteiger partial charge on any atom is 0.191 e. The lowest BCUT2D eigenvalue weighted by Crippen LogP contribution is -2.46. The first-order valence-electron chi connectivity index (χ1n) is 7.86. The molecule has 1 aliphatic carbocycles. The van der Waals surface area contributed by atoms with Crippen LogP contribution in [0.2, 0.25) is 5.02 Å². The van der Waals surface area contributed by atoms with Crippen LogP contribution in [0.25, 0.3) is 0 Å². The number of benzene rings is 1. The van der Waals surface area contributed by atoms with Crippen LogP contribution in [0, 0.1) is 0 Å². The van der Waals surface area contributed by atoms with Gasteiger partial charge in [-0.15, -0.1) is 0 Å². The van der Waals surface area contributed by atoms with Gasteiger partial charge < -0.3 is 10.6 Å². The summed E-state index contributed by atoms with van der Waals surface area (Å²) in [7, 11) is -1.18. The Kier molecular flexibility index (Phi) is 4.56. The zero-order valence-electron chi connectivity index (χ0n) is 13.2. The molecule has 7 heteroatoms. The van der Waals surface area contributed by atoms with E-state index < -0.39 is 9.84 Å². The minimum atomic E-state index is -2.89. The highest BCUT2D eigenvalue weighted by Crippen LogP contribution is 2.47. The van der Waals surface area contributed by atoms with E-state index >= 15 is 0 Å². The number of hydrogen-bond acceptors (Lipinski definition) is 3. The van der Waals surface area contributed by atoms with Crippen molar-refractivity contribution >= 4 is 27.4 Å². The van der Waals surface area contributed by atoms with E-state index in [1.165, 1.54) is 5.56 Å². The van der Waals surface area contributed by atoms with Gasteiger partial charge in [0.2, 0.25) is 0 Å². The summed E-state index contributed by atoms with van der Waals surface area (Å²) in [6.07, 6.45) is 2.91. The van der Waals surface area contributed by atoms with Gasteiger partial charge in [0.25, 0.3) is 0 Å². The van der Waals surface area contributed by atoms with Crippen LogP contribution in [0.1, 0.15) is 24.8 Å². The van der Waals surface area contributed by atoms with Crippen LogP contribution in [0.15, 0.2) is 29.3 Å². The van der Waals surface area contributed by atoms with E-state index in [0.29, 0.717) is 12.4 Å². The Balaban J connectivity index is 1.57. The summed E-state index contributed by atoms with van der Waals surface area (Å²) in [5, 5.41) is 7.32. The third kappa shape index (κ3) is 3.98.